The van der Waals surface area contributed by atoms with Crippen LogP contribution in [-0.2, 0) is 9.59 Å². The predicted molar refractivity (Wildman–Crippen MR) is 226 cm³/mol. The summed E-state index contributed by atoms with van der Waals surface area (Å²) in [6.45, 7) is 14.4. The molecule has 4 fully saturated rings. The Kier molecular flexibility index (Phi) is 9.73. The van der Waals surface area contributed by atoms with Gasteiger partial charge in [-0.2, -0.15) is 5.26 Å². The second-order valence-corrected chi connectivity index (χ2v) is 18.2. The molecular formula is C46H48N8O7. The highest BCUT2D eigenvalue weighted by molar-refractivity contribution is 6.23. The van der Waals surface area contributed by atoms with Crippen LogP contribution in [0, 0.1) is 28.1 Å². The molecule has 1 unspecified atom stereocenters. The Morgan fingerprint density at radius 1 is 0.836 bits per heavy atom. The summed E-state index contributed by atoms with van der Waals surface area (Å²) >= 11 is 0. The number of piperidine rings is 1. The molecular weight excluding hydrogens is 777 g/mol. The van der Waals surface area contributed by atoms with Crippen molar-refractivity contribution in [1.29, 1.82) is 5.26 Å². The summed E-state index contributed by atoms with van der Waals surface area (Å²) in [5.41, 5.74) is 2.77. The number of hydrogen-bond donors (Lipinski definition) is 3. The predicted octanol–water partition coefficient (Wildman–Crippen LogP) is 3.67. The summed E-state index contributed by atoms with van der Waals surface area (Å²) in [7, 11) is 0. The maximum Gasteiger partial charge on any atom is 0.262 e. The molecule has 4 aromatic rings. The van der Waals surface area contributed by atoms with Crippen molar-refractivity contribution in [2.45, 2.75) is 58.7 Å². The lowest BCUT2D eigenvalue weighted by Gasteiger charge is -2.63. The van der Waals surface area contributed by atoms with Crippen LogP contribution in [0.5, 0.6) is 5.75 Å². The van der Waals surface area contributed by atoms with Crippen LogP contribution in [0.25, 0.3) is 10.9 Å². The normalized spacial score (nSPS) is 23.5. The van der Waals surface area contributed by atoms with Gasteiger partial charge in [-0.05, 0) is 67.1 Å². The van der Waals surface area contributed by atoms with Crippen LogP contribution in [0.3, 0.4) is 0 Å². The molecule has 0 spiro atoms. The minimum absolute atomic E-state index is 0.0826. The van der Waals surface area contributed by atoms with E-state index in [-0.39, 0.29) is 42.0 Å². The van der Waals surface area contributed by atoms with Gasteiger partial charge in [0, 0.05) is 103 Å². The Balaban J connectivity index is 0.747. The van der Waals surface area contributed by atoms with Crippen molar-refractivity contribution in [3.05, 3.63) is 99.3 Å². The Morgan fingerprint density at radius 3 is 2.21 bits per heavy atom. The highest BCUT2D eigenvalue weighted by Gasteiger charge is 2.64. The molecule has 5 heterocycles. The Morgan fingerprint density at radius 2 is 1.52 bits per heavy atom. The average Bonchev–Trinajstić information content (AvgIpc) is 3.47. The van der Waals surface area contributed by atoms with Crippen LogP contribution in [0.2, 0.25) is 0 Å². The number of imide groups is 2. The fourth-order valence-corrected chi connectivity index (χ4v) is 10.5. The highest BCUT2D eigenvalue weighted by Crippen LogP contribution is 2.56. The number of nitriles is 1. The van der Waals surface area contributed by atoms with E-state index in [0.29, 0.717) is 39.3 Å². The molecule has 5 aliphatic rings. The standard InChI is InChI=1S/C46H48N8O7/c1-45(2)43(46(3,4)44(45)61-35-14-7-28(22-47)38-32(35)12-15-36(55)48-38)50-39(57)27-5-8-29(9-6-27)53-24-26(25-53)23-51-17-19-52(20-18-51)30-10-11-31-33(21-30)42(60)54(41(31)59)34-13-16-37(56)49-40(34)58/h5-12,14-15,21,26,34,43-44H,13,16-20,23-25H2,1-4H3,(H,48,55)(H,50,57)(H,49,56,58). The van der Waals surface area contributed by atoms with Gasteiger partial charge in [0.15, 0.2) is 0 Å². The van der Waals surface area contributed by atoms with Gasteiger partial charge in [0.1, 0.15) is 24.0 Å². The number of nitrogens with one attached hydrogen (secondary N) is 3. The molecule has 314 valence electrons. The summed E-state index contributed by atoms with van der Waals surface area (Å²) < 4.78 is 6.60. The summed E-state index contributed by atoms with van der Waals surface area (Å²) in [6.07, 6.45) is -0.0503. The summed E-state index contributed by atoms with van der Waals surface area (Å²) in [6, 6.07) is 20.5. The SMILES string of the molecule is CC1(C)C(NC(=O)c2ccc(N3CC(CN4CCN(c5ccc6c(c5)C(=O)N(C5CCC(=O)NC5=O)C6=O)CC4)C3)cc2)C(C)(C)C1Oc1ccc(C#N)c2[nH]c(=O)ccc12. The summed E-state index contributed by atoms with van der Waals surface area (Å²) in [4.78, 5) is 86.9. The Bertz CT molecular complexity index is 2580. The molecule has 15 heteroatoms. The molecule has 4 aliphatic heterocycles. The number of piperazine rings is 1. The molecule has 1 saturated carbocycles. The number of pyridine rings is 1. The molecule has 9 rings (SSSR count). The maximum atomic E-state index is 13.6. The lowest BCUT2D eigenvalue weighted by Crippen LogP contribution is -2.74. The Labute approximate surface area is 352 Å². The number of anilines is 2. The van der Waals surface area contributed by atoms with Crippen molar-refractivity contribution in [3.63, 3.8) is 0 Å². The van der Waals surface area contributed by atoms with E-state index in [1.807, 2.05) is 30.3 Å². The molecule has 3 N–H and O–H groups in total. The average molecular weight is 825 g/mol. The molecule has 5 amide bonds. The van der Waals surface area contributed by atoms with Crippen molar-refractivity contribution < 1.29 is 28.7 Å². The van der Waals surface area contributed by atoms with Gasteiger partial charge in [-0.1, -0.05) is 27.7 Å². The van der Waals surface area contributed by atoms with Crippen LogP contribution >= 0.6 is 0 Å². The second-order valence-electron chi connectivity index (χ2n) is 18.2. The number of aromatic nitrogens is 1. The molecule has 0 radical (unpaired) electrons. The number of carbonyl (C=O) groups is 5. The number of nitrogens with zero attached hydrogens (tertiary/aromatic N) is 5. The van der Waals surface area contributed by atoms with Gasteiger partial charge in [-0.3, -0.25) is 43.9 Å². The number of benzene rings is 3. The third-order valence-corrected chi connectivity index (χ3v) is 13.5. The first-order valence-corrected chi connectivity index (χ1v) is 20.9. The third kappa shape index (κ3) is 6.88. The molecule has 15 nitrogen and oxygen atoms in total. The molecule has 1 aliphatic carbocycles. The monoisotopic (exact) mass is 824 g/mol. The largest absolute Gasteiger partial charge is 0.488 e. The van der Waals surface area contributed by atoms with Crippen molar-refractivity contribution in [1.82, 2.24) is 25.4 Å². The van der Waals surface area contributed by atoms with E-state index in [4.69, 9.17) is 4.74 Å². The van der Waals surface area contributed by atoms with Gasteiger partial charge in [0.25, 0.3) is 17.7 Å². The first kappa shape index (κ1) is 39.9. The van der Waals surface area contributed by atoms with E-state index in [2.05, 4.69) is 64.1 Å². The summed E-state index contributed by atoms with van der Waals surface area (Å²) in [5, 5.41) is 15.7. The minimum Gasteiger partial charge on any atom is -0.488 e. The zero-order chi connectivity index (χ0) is 43.0. The zero-order valence-corrected chi connectivity index (χ0v) is 34.6. The fraction of sp³-hybridized carbons (Fsp3) is 0.413. The lowest BCUT2D eigenvalue weighted by atomic mass is 9.49. The van der Waals surface area contributed by atoms with Gasteiger partial charge in [-0.15, -0.1) is 0 Å². The molecule has 3 aromatic carbocycles. The van der Waals surface area contributed by atoms with Gasteiger partial charge in [-0.25, -0.2) is 0 Å². The number of fused-ring (bicyclic) bond motifs is 2. The first-order chi connectivity index (χ1) is 29.1. The summed E-state index contributed by atoms with van der Waals surface area (Å²) in [5.74, 6) is -1.08. The lowest BCUT2D eigenvalue weighted by molar-refractivity contribution is -0.163. The molecule has 3 saturated heterocycles. The van der Waals surface area contributed by atoms with E-state index < -0.39 is 40.5 Å². The topological polar surface area (TPSA) is 188 Å². The first-order valence-electron chi connectivity index (χ1n) is 20.9. The van der Waals surface area contributed by atoms with Crippen LogP contribution in [0.1, 0.15) is 77.2 Å². The van der Waals surface area contributed by atoms with Gasteiger partial charge < -0.3 is 24.8 Å². The van der Waals surface area contributed by atoms with E-state index in [0.717, 1.165) is 62.1 Å². The van der Waals surface area contributed by atoms with Gasteiger partial charge in [0.05, 0.1) is 22.2 Å². The maximum absolute atomic E-state index is 13.6. The Hall–Kier alpha value is -6.53. The minimum atomic E-state index is -0.984. The van der Waals surface area contributed by atoms with E-state index in [1.165, 1.54) is 6.07 Å². The zero-order valence-electron chi connectivity index (χ0n) is 34.6. The molecule has 0 bridgehead atoms. The molecule has 61 heavy (non-hydrogen) atoms. The van der Waals surface area contributed by atoms with E-state index in [9.17, 15) is 34.0 Å². The van der Waals surface area contributed by atoms with E-state index >= 15 is 0 Å². The van der Waals surface area contributed by atoms with Crippen molar-refractivity contribution >= 4 is 51.8 Å². The number of rotatable bonds is 9. The van der Waals surface area contributed by atoms with Crippen molar-refractivity contribution in [3.8, 4) is 11.8 Å². The van der Waals surface area contributed by atoms with Gasteiger partial charge in [0.2, 0.25) is 17.4 Å². The van der Waals surface area contributed by atoms with Crippen molar-refractivity contribution in [2.24, 2.45) is 16.7 Å². The molecule has 1 aromatic heterocycles. The number of aromatic amines is 1. The van der Waals surface area contributed by atoms with Crippen molar-refractivity contribution in [2.75, 3.05) is 55.6 Å². The molecule has 1 atom stereocenters. The van der Waals surface area contributed by atoms with Crippen LogP contribution in [0.15, 0.2) is 71.5 Å². The van der Waals surface area contributed by atoms with Gasteiger partial charge >= 0.3 is 0 Å². The number of H-pyrrole nitrogens is 1. The quantitative estimate of drug-likeness (QED) is 0.209. The van der Waals surface area contributed by atoms with E-state index in [1.54, 1.807) is 30.3 Å². The fourth-order valence-electron chi connectivity index (χ4n) is 10.5. The third-order valence-electron chi connectivity index (χ3n) is 13.5. The van der Waals surface area contributed by atoms with Crippen LogP contribution < -0.4 is 30.7 Å². The number of carbonyl (C=O) groups excluding carboxylic acids is 5. The number of hydrogen-bond acceptors (Lipinski definition) is 11. The number of ether oxygens (including phenoxy) is 1. The highest BCUT2D eigenvalue weighted by atomic mass is 16.5. The van der Waals surface area contributed by atoms with Crippen LogP contribution in [0.4, 0.5) is 11.4 Å². The second kappa shape index (κ2) is 14.9. The number of amides is 5. The van der Waals surface area contributed by atoms with Crippen LogP contribution in [-0.4, -0.2) is 108 Å². The smallest absolute Gasteiger partial charge is 0.262 e.